The van der Waals surface area contributed by atoms with Gasteiger partial charge in [0.1, 0.15) is 0 Å². The lowest BCUT2D eigenvalue weighted by Crippen LogP contribution is -2.38. The van der Waals surface area contributed by atoms with Crippen LogP contribution in [0, 0.1) is 17.8 Å². The summed E-state index contributed by atoms with van der Waals surface area (Å²) in [6.07, 6.45) is 5.89. The van der Waals surface area contributed by atoms with Crippen molar-refractivity contribution in [3.05, 3.63) is 0 Å². The zero-order chi connectivity index (χ0) is 13.0. The van der Waals surface area contributed by atoms with Crippen molar-refractivity contribution < 1.29 is 9.53 Å². The summed E-state index contributed by atoms with van der Waals surface area (Å²) in [7, 11) is 1.88. The molecule has 2 fully saturated rings. The van der Waals surface area contributed by atoms with E-state index < -0.39 is 0 Å². The van der Waals surface area contributed by atoms with Gasteiger partial charge in [0, 0.05) is 26.1 Å². The molecule has 2 rings (SSSR count). The van der Waals surface area contributed by atoms with Crippen molar-refractivity contribution in [3.63, 3.8) is 0 Å². The van der Waals surface area contributed by atoms with Crippen LogP contribution in [0.2, 0.25) is 0 Å². The Bertz CT molecular complexity index is 279. The first-order chi connectivity index (χ1) is 8.72. The van der Waals surface area contributed by atoms with Crippen LogP contribution in [-0.2, 0) is 9.53 Å². The van der Waals surface area contributed by atoms with Crippen molar-refractivity contribution in [2.45, 2.75) is 32.1 Å². The summed E-state index contributed by atoms with van der Waals surface area (Å²) in [6, 6.07) is 0. The molecule has 18 heavy (non-hydrogen) atoms. The van der Waals surface area contributed by atoms with Gasteiger partial charge in [-0.2, -0.15) is 0 Å². The highest BCUT2D eigenvalue weighted by molar-refractivity contribution is 5.79. The zero-order valence-electron chi connectivity index (χ0n) is 11.4. The number of carbonyl (C=O) groups excluding carboxylic acids is 1. The second-order valence-corrected chi connectivity index (χ2v) is 5.81. The number of hydrogen-bond donors (Lipinski definition) is 1. The molecule has 0 aromatic rings. The van der Waals surface area contributed by atoms with Crippen molar-refractivity contribution in [1.82, 2.24) is 4.90 Å². The summed E-state index contributed by atoms with van der Waals surface area (Å²) in [5, 5.41) is 0. The molecule has 4 heteroatoms. The number of hydrogen-bond acceptors (Lipinski definition) is 3. The first-order valence-electron chi connectivity index (χ1n) is 7.25. The van der Waals surface area contributed by atoms with Gasteiger partial charge in [0.05, 0.1) is 6.61 Å². The van der Waals surface area contributed by atoms with Gasteiger partial charge in [-0.3, -0.25) is 4.79 Å². The number of nitrogens with zero attached hydrogens (tertiary/aromatic N) is 1. The first-order valence-corrected chi connectivity index (χ1v) is 7.25. The molecule has 0 radical (unpaired) electrons. The van der Waals surface area contributed by atoms with Gasteiger partial charge < -0.3 is 15.4 Å². The van der Waals surface area contributed by atoms with Gasteiger partial charge in [-0.05, 0) is 44.1 Å². The molecule has 2 aliphatic rings. The third kappa shape index (κ3) is 3.69. The molecule has 2 atom stereocenters. The Labute approximate surface area is 110 Å². The molecule has 0 heterocycles. The molecule has 2 unspecified atom stereocenters. The van der Waals surface area contributed by atoms with Gasteiger partial charge in [0.25, 0.3) is 0 Å². The predicted molar refractivity (Wildman–Crippen MR) is 71.1 cm³/mol. The van der Waals surface area contributed by atoms with Gasteiger partial charge in [-0.25, -0.2) is 0 Å². The van der Waals surface area contributed by atoms with Crippen LogP contribution in [0.5, 0.6) is 0 Å². The number of nitrogens with two attached hydrogens (primary N) is 1. The molecule has 0 aromatic carbocycles. The number of ether oxygens (including phenoxy) is 1. The molecule has 0 saturated heterocycles. The van der Waals surface area contributed by atoms with Crippen LogP contribution in [0.4, 0.5) is 0 Å². The maximum Gasteiger partial charge on any atom is 0.225 e. The highest BCUT2D eigenvalue weighted by atomic mass is 16.5. The lowest BCUT2D eigenvalue weighted by molar-refractivity contribution is -0.135. The van der Waals surface area contributed by atoms with E-state index in [9.17, 15) is 4.79 Å². The topological polar surface area (TPSA) is 55.6 Å². The van der Waals surface area contributed by atoms with Crippen LogP contribution in [0.15, 0.2) is 0 Å². The van der Waals surface area contributed by atoms with Crippen LogP contribution in [0.3, 0.4) is 0 Å². The van der Waals surface area contributed by atoms with E-state index in [2.05, 4.69) is 0 Å². The average Bonchev–Trinajstić information content (AvgIpc) is 3.08. The lowest BCUT2D eigenvalue weighted by atomic mass is 9.95. The van der Waals surface area contributed by atoms with Crippen LogP contribution >= 0.6 is 0 Å². The highest BCUT2D eigenvalue weighted by Crippen LogP contribution is 2.32. The monoisotopic (exact) mass is 254 g/mol. The number of carbonyl (C=O) groups is 1. The van der Waals surface area contributed by atoms with Crippen molar-refractivity contribution in [2.75, 3.05) is 33.4 Å². The molecule has 0 spiro atoms. The summed E-state index contributed by atoms with van der Waals surface area (Å²) in [5.41, 5.74) is 5.73. The minimum Gasteiger partial charge on any atom is -0.379 e. The molecule has 0 aliphatic heterocycles. The van der Waals surface area contributed by atoms with Gasteiger partial charge in [-0.1, -0.05) is 6.42 Å². The lowest BCUT2D eigenvalue weighted by Gasteiger charge is -2.24. The Morgan fingerprint density at radius 3 is 2.78 bits per heavy atom. The van der Waals surface area contributed by atoms with Crippen molar-refractivity contribution in [2.24, 2.45) is 23.5 Å². The van der Waals surface area contributed by atoms with E-state index in [0.29, 0.717) is 25.6 Å². The fourth-order valence-corrected chi connectivity index (χ4v) is 2.77. The number of amides is 1. The number of rotatable bonds is 7. The molecule has 1 amide bonds. The van der Waals surface area contributed by atoms with E-state index in [-0.39, 0.29) is 11.8 Å². The first kappa shape index (κ1) is 13.8. The van der Waals surface area contributed by atoms with Gasteiger partial charge >= 0.3 is 0 Å². The minimum absolute atomic E-state index is 0.156. The molecular weight excluding hydrogens is 228 g/mol. The summed E-state index contributed by atoms with van der Waals surface area (Å²) in [5.74, 6) is 1.61. The summed E-state index contributed by atoms with van der Waals surface area (Å²) in [4.78, 5) is 14.1. The molecule has 0 bridgehead atoms. The largest absolute Gasteiger partial charge is 0.379 e. The van der Waals surface area contributed by atoms with Gasteiger partial charge in [0.2, 0.25) is 5.91 Å². The van der Waals surface area contributed by atoms with E-state index in [0.717, 1.165) is 31.8 Å². The standard InChI is InChI=1S/C14H26N2O2/c1-16(7-8-18-10-11-5-6-11)14(17)13-4-2-3-12(13)9-15/h11-13H,2-10,15H2,1H3. The van der Waals surface area contributed by atoms with Gasteiger partial charge in [0.15, 0.2) is 0 Å². The highest BCUT2D eigenvalue weighted by Gasteiger charge is 2.33. The van der Waals surface area contributed by atoms with Crippen molar-refractivity contribution in [3.8, 4) is 0 Å². The van der Waals surface area contributed by atoms with Gasteiger partial charge in [-0.15, -0.1) is 0 Å². The zero-order valence-corrected chi connectivity index (χ0v) is 11.4. The number of likely N-dealkylation sites (N-methyl/N-ethyl adjacent to an activating group) is 1. The van der Waals surface area contributed by atoms with E-state index in [1.807, 2.05) is 11.9 Å². The maximum atomic E-state index is 12.3. The molecule has 4 nitrogen and oxygen atoms in total. The third-order valence-electron chi connectivity index (χ3n) is 4.28. The SMILES string of the molecule is CN(CCOCC1CC1)C(=O)C1CCCC1CN. The molecule has 2 N–H and O–H groups in total. The van der Waals surface area contributed by atoms with Crippen molar-refractivity contribution in [1.29, 1.82) is 0 Å². The molecule has 2 saturated carbocycles. The fraction of sp³-hybridized carbons (Fsp3) is 0.929. The fourth-order valence-electron chi connectivity index (χ4n) is 2.77. The van der Waals surface area contributed by atoms with E-state index in [1.54, 1.807) is 0 Å². The molecular formula is C14H26N2O2. The van der Waals surface area contributed by atoms with Crippen LogP contribution in [-0.4, -0.2) is 44.2 Å². The van der Waals surface area contributed by atoms with E-state index in [4.69, 9.17) is 10.5 Å². The molecule has 2 aliphatic carbocycles. The Morgan fingerprint density at radius 2 is 2.11 bits per heavy atom. The summed E-state index contributed by atoms with van der Waals surface area (Å²) < 4.78 is 5.58. The predicted octanol–water partition coefficient (Wildman–Crippen LogP) is 1.25. The van der Waals surface area contributed by atoms with E-state index in [1.165, 1.54) is 12.8 Å². The Kier molecular flexibility index (Phi) is 5.01. The Morgan fingerprint density at radius 1 is 1.33 bits per heavy atom. The Hall–Kier alpha value is -0.610. The Balaban J connectivity index is 1.66. The van der Waals surface area contributed by atoms with Crippen LogP contribution < -0.4 is 5.73 Å². The van der Waals surface area contributed by atoms with E-state index >= 15 is 0 Å². The molecule has 0 aromatic heterocycles. The second kappa shape index (κ2) is 6.53. The summed E-state index contributed by atoms with van der Waals surface area (Å²) >= 11 is 0. The van der Waals surface area contributed by atoms with Crippen LogP contribution in [0.25, 0.3) is 0 Å². The summed E-state index contributed by atoms with van der Waals surface area (Å²) in [6.45, 7) is 2.89. The normalized spacial score (nSPS) is 27.4. The second-order valence-electron chi connectivity index (χ2n) is 5.81. The average molecular weight is 254 g/mol. The minimum atomic E-state index is 0.156. The smallest absolute Gasteiger partial charge is 0.225 e. The molecule has 104 valence electrons. The van der Waals surface area contributed by atoms with Crippen LogP contribution in [0.1, 0.15) is 32.1 Å². The third-order valence-corrected chi connectivity index (χ3v) is 4.28. The quantitative estimate of drug-likeness (QED) is 0.696. The maximum absolute atomic E-state index is 12.3. The van der Waals surface area contributed by atoms with Crippen molar-refractivity contribution >= 4 is 5.91 Å².